The molecule has 2 N–H and O–H groups in total. The predicted molar refractivity (Wildman–Crippen MR) is 198 cm³/mol. The number of benzene rings is 4. The molecule has 1 fully saturated rings. The van der Waals surface area contributed by atoms with E-state index in [-0.39, 0.29) is 33.0 Å². The molecule has 0 aromatic heterocycles. The molecule has 0 radical (unpaired) electrons. The van der Waals surface area contributed by atoms with Gasteiger partial charge in [0.2, 0.25) is 0 Å². The Kier molecular flexibility index (Phi) is 15.8. The van der Waals surface area contributed by atoms with Gasteiger partial charge in [0.1, 0.15) is 47.4 Å². The molecule has 1 aliphatic rings. The van der Waals surface area contributed by atoms with E-state index in [2.05, 4.69) is 0 Å². The highest BCUT2D eigenvalue weighted by Gasteiger charge is 2.48. The lowest BCUT2D eigenvalue weighted by Gasteiger charge is -2.46. The molecule has 1 aliphatic heterocycles. The van der Waals surface area contributed by atoms with E-state index in [0.29, 0.717) is 19.4 Å². The highest BCUT2D eigenvalue weighted by Crippen LogP contribution is 2.33. The molecule has 11 nitrogen and oxygen atoms in total. The van der Waals surface area contributed by atoms with E-state index in [1.807, 2.05) is 97.1 Å². The van der Waals surface area contributed by atoms with E-state index < -0.39 is 36.6 Å². The number of ether oxygens (including phenoxy) is 9. The molecule has 6 atom stereocenters. The first-order chi connectivity index (χ1) is 25.9. The van der Waals surface area contributed by atoms with Crippen molar-refractivity contribution in [2.75, 3.05) is 41.7 Å². The van der Waals surface area contributed by atoms with Gasteiger partial charge in [0.15, 0.2) is 0 Å². The number of rotatable bonds is 21. The molecular weight excluding hydrogens is 680 g/mol. The fourth-order valence-electron chi connectivity index (χ4n) is 6.16. The van der Waals surface area contributed by atoms with Gasteiger partial charge in [0, 0.05) is 0 Å². The number of hydrogen-bond donors (Lipinski definition) is 2. The Balaban J connectivity index is 1.45. The van der Waals surface area contributed by atoms with Crippen LogP contribution in [0, 0.1) is 0 Å². The second-order valence-electron chi connectivity index (χ2n) is 12.9. The Morgan fingerprint density at radius 1 is 0.509 bits per heavy atom. The van der Waals surface area contributed by atoms with Crippen LogP contribution in [0.2, 0.25) is 0 Å². The van der Waals surface area contributed by atoms with Gasteiger partial charge in [-0.2, -0.15) is 0 Å². The summed E-state index contributed by atoms with van der Waals surface area (Å²) in [7, 11) is 6.53. The zero-order chi connectivity index (χ0) is 37.4. The lowest BCUT2D eigenvalue weighted by molar-refractivity contribution is -0.274. The average molecular weight is 733 g/mol. The second-order valence-corrected chi connectivity index (χ2v) is 12.9. The first-order valence-electron chi connectivity index (χ1n) is 17.8. The fraction of sp³-hybridized carbons (Fsp3) is 0.429. The molecule has 11 heteroatoms. The van der Waals surface area contributed by atoms with Crippen LogP contribution in [0.15, 0.2) is 97.1 Å². The Hall–Kier alpha value is -4.20. The van der Waals surface area contributed by atoms with Crippen molar-refractivity contribution in [2.24, 2.45) is 0 Å². The smallest absolute Gasteiger partial charge is 0.118 e. The molecule has 0 unspecified atom stereocenters. The van der Waals surface area contributed by atoms with Crippen molar-refractivity contribution in [2.45, 2.75) is 75.9 Å². The van der Waals surface area contributed by atoms with Gasteiger partial charge >= 0.3 is 0 Å². The van der Waals surface area contributed by atoms with Gasteiger partial charge in [0.05, 0.1) is 80.3 Å². The lowest BCUT2D eigenvalue weighted by atomic mass is 9.91. The molecule has 0 spiro atoms. The Morgan fingerprint density at radius 2 is 0.868 bits per heavy atom. The zero-order valence-corrected chi connectivity index (χ0v) is 30.9. The molecule has 286 valence electrons. The topological polar surface area (TPSA) is 124 Å². The van der Waals surface area contributed by atoms with E-state index in [1.54, 1.807) is 28.4 Å². The molecular formula is C42H52O11. The van der Waals surface area contributed by atoms with Crippen molar-refractivity contribution in [1.29, 1.82) is 0 Å². The van der Waals surface area contributed by atoms with Gasteiger partial charge in [-0.05, 0) is 83.6 Å². The van der Waals surface area contributed by atoms with E-state index in [4.69, 9.17) is 42.6 Å². The maximum Gasteiger partial charge on any atom is 0.118 e. The molecule has 0 aliphatic carbocycles. The van der Waals surface area contributed by atoms with Crippen LogP contribution in [0.1, 0.15) is 35.1 Å². The monoisotopic (exact) mass is 732 g/mol. The quantitative estimate of drug-likeness (QED) is 0.107. The molecule has 0 amide bonds. The van der Waals surface area contributed by atoms with Gasteiger partial charge < -0.3 is 52.8 Å². The normalized spacial score (nSPS) is 20.5. The summed E-state index contributed by atoms with van der Waals surface area (Å²) >= 11 is 0. The first-order valence-corrected chi connectivity index (χ1v) is 17.8. The van der Waals surface area contributed by atoms with Crippen molar-refractivity contribution >= 4 is 0 Å². The van der Waals surface area contributed by atoms with Crippen molar-refractivity contribution in [3.05, 3.63) is 119 Å². The third-order valence-electron chi connectivity index (χ3n) is 9.24. The van der Waals surface area contributed by atoms with Crippen molar-refractivity contribution in [1.82, 2.24) is 0 Å². The van der Waals surface area contributed by atoms with Crippen LogP contribution in [0.4, 0.5) is 0 Å². The van der Waals surface area contributed by atoms with E-state index >= 15 is 0 Å². The molecule has 0 saturated carbocycles. The van der Waals surface area contributed by atoms with Gasteiger partial charge in [0.25, 0.3) is 0 Å². The molecule has 0 bridgehead atoms. The second kappa shape index (κ2) is 20.9. The first kappa shape index (κ1) is 40.0. The minimum Gasteiger partial charge on any atom is -0.497 e. The maximum atomic E-state index is 10.4. The van der Waals surface area contributed by atoms with Crippen LogP contribution in [0.25, 0.3) is 0 Å². The van der Waals surface area contributed by atoms with Crippen LogP contribution in [-0.2, 0) is 50.1 Å². The van der Waals surface area contributed by atoms with Crippen LogP contribution >= 0.6 is 0 Å². The largest absolute Gasteiger partial charge is 0.497 e. The number of methoxy groups -OCH3 is 4. The third-order valence-corrected chi connectivity index (χ3v) is 9.24. The van der Waals surface area contributed by atoms with Crippen molar-refractivity contribution < 1.29 is 52.8 Å². The Bertz CT molecular complexity index is 1600. The molecule has 1 saturated heterocycles. The van der Waals surface area contributed by atoms with Crippen LogP contribution in [0.5, 0.6) is 23.0 Å². The third kappa shape index (κ3) is 11.9. The van der Waals surface area contributed by atoms with E-state index in [0.717, 1.165) is 45.3 Å². The van der Waals surface area contributed by atoms with Crippen molar-refractivity contribution in [3.8, 4) is 23.0 Å². The summed E-state index contributed by atoms with van der Waals surface area (Å²) < 4.78 is 54.8. The summed E-state index contributed by atoms with van der Waals surface area (Å²) in [5.74, 6) is 3.01. The highest BCUT2D eigenvalue weighted by molar-refractivity contribution is 5.29. The highest BCUT2D eigenvalue weighted by atomic mass is 16.6. The number of aliphatic hydroxyl groups is 2. The molecule has 4 aromatic rings. The minimum atomic E-state index is -0.909. The zero-order valence-electron chi connectivity index (χ0n) is 30.9. The molecule has 1 heterocycles. The van der Waals surface area contributed by atoms with Crippen molar-refractivity contribution in [3.63, 3.8) is 0 Å². The van der Waals surface area contributed by atoms with Crippen LogP contribution in [-0.4, -0.2) is 88.5 Å². The fourth-order valence-corrected chi connectivity index (χ4v) is 6.16. The Morgan fingerprint density at radius 3 is 1.25 bits per heavy atom. The van der Waals surface area contributed by atoms with Gasteiger partial charge in [-0.25, -0.2) is 0 Å². The lowest BCUT2D eigenvalue weighted by Crippen LogP contribution is -2.61. The summed E-state index contributed by atoms with van der Waals surface area (Å²) in [6.45, 7) is 0.996. The average Bonchev–Trinajstić information content (AvgIpc) is 3.21. The van der Waals surface area contributed by atoms with Gasteiger partial charge in [-0.1, -0.05) is 48.5 Å². The molecule has 4 aromatic carbocycles. The standard InChI is InChI=1S/C42H52O11/c1-45-34-14-5-29(6-15-34)24-49-28-39-41(51-26-31-9-18-36(47-3)19-10-31)42(52-27-32-11-20-37(48-4)21-12-32)40(38(53-39)22-13-33(44)23-43)50-25-30-7-16-35(46-2)17-8-30/h5-12,14-21,33,38-44H,13,22-28H2,1-4H3/t33-,38-,39+,40-,41-,42+/m0/s1. The van der Waals surface area contributed by atoms with E-state index in [9.17, 15) is 10.2 Å². The summed E-state index contributed by atoms with van der Waals surface area (Å²) in [4.78, 5) is 0. The predicted octanol–water partition coefficient (Wildman–Crippen LogP) is 5.89. The van der Waals surface area contributed by atoms with Gasteiger partial charge in [-0.3, -0.25) is 0 Å². The summed E-state index contributed by atoms with van der Waals surface area (Å²) in [5, 5.41) is 20.1. The van der Waals surface area contributed by atoms with E-state index in [1.165, 1.54) is 0 Å². The van der Waals surface area contributed by atoms with Gasteiger partial charge in [-0.15, -0.1) is 0 Å². The van der Waals surface area contributed by atoms with Crippen LogP contribution < -0.4 is 18.9 Å². The van der Waals surface area contributed by atoms with Crippen LogP contribution in [0.3, 0.4) is 0 Å². The molecule has 5 rings (SSSR count). The minimum absolute atomic E-state index is 0.200. The maximum absolute atomic E-state index is 10.4. The SMILES string of the molecule is COc1ccc(COC[C@H]2O[C@@H](CC[C@H](O)CO)[C@H](OCc3ccc(OC)cc3)[C@@H](OCc3ccc(OC)cc3)[C@H]2OCc2ccc(OC)cc2)cc1. The summed E-state index contributed by atoms with van der Waals surface area (Å²) in [6, 6.07) is 30.8. The summed E-state index contributed by atoms with van der Waals surface area (Å²) in [6.07, 6.45) is -3.15. The number of aliphatic hydroxyl groups excluding tert-OH is 2. The Labute approximate surface area is 312 Å². The summed E-state index contributed by atoms with van der Waals surface area (Å²) in [5.41, 5.74) is 3.81. The molecule has 53 heavy (non-hydrogen) atoms. The number of hydrogen-bond acceptors (Lipinski definition) is 11.